The number of aromatic hydroxyl groups is 2. The lowest BCUT2D eigenvalue weighted by atomic mass is 9.84. The molecule has 1 fully saturated rings. The van der Waals surface area contributed by atoms with E-state index in [0.717, 1.165) is 49.7 Å². The molecule has 2 aromatic carbocycles. The molecule has 0 spiro atoms. The predicted molar refractivity (Wildman–Crippen MR) is 151 cm³/mol. The summed E-state index contributed by atoms with van der Waals surface area (Å²) in [6.45, 7) is -0.224. The van der Waals surface area contributed by atoms with Gasteiger partial charge in [-0.3, -0.25) is 0 Å². The summed E-state index contributed by atoms with van der Waals surface area (Å²) < 4.78 is 22.1. The first-order chi connectivity index (χ1) is 19.4. The van der Waals surface area contributed by atoms with E-state index < -0.39 is 12.9 Å². The summed E-state index contributed by atoms with van der Waals surface area (Å²) in [6.07, 6.45) is 7.52. The summed E-state index contributed by atoms with van der Waals surface area (Å²) in [5.41, 5.74) is 1.84. The third-order valence-electron chi connectivity index (χ3n) is 7.73. The van der Waals surface area contributed by atoms with Crippen LogP contribution in [0.4, 0.5) is 0 Å². The van der Waals surface area contributed by atoms with Crippen molar-refractivity contribution in [2.75, 3.05) is 27.6 Å². The van der Waals surface area contributed by atoms with Crippen LogP contribution in [-0.4, -0.2) is 71.5 Å². The van der Waals surface area contributed by atoms with E-state index in [1.807, 2.05) is 12.1 Å². The zero-order valence-electron chi connectivity index (χ0n) is 23.8. The lowest BCUT2D eigenvalue weighted by Gasteiger charge is -2.30. The van der Waals surface area contributed by atoms with Crippen LogP contribution >= 0.6 is 0 Å². The maximum atomic E-state index is 10.7. The number of aliphatic hydroxyl groups excluding tert-OH is 3. The lowest BCUT2D eigenvalue weighted by Crippen LogP contribution is -2.25. The molecule has 5 N–H and O–H groups in total. The van der Waals surface area contributed by atoms with Gasteiger partial charge in [0.15, 0.2) is 23.0 Å². The number of aliphatic hydroxyl groups is 3. The Kier molecular flexibility index (Phi) is 13.1. The van der Waals surface area contributed by atoms with E-state index in [1.165, 1.54) is 14.2 Å². The van der Waals surface area contributed by atoms with E-state index >= 15 is 0 Å². The van der Waals surface area contributed by atoms with Crippen molar-refractivity contribution in [2.24, 2.45) is 5.92 Å². The molecule has 1 aliphatic rings. The van der Waals surface area contributed by atoms with Gasteiger partial charge < -0.3 is 44.5 Å². The number of methoxy groups -OCH3 is 2. The van der Waals surface area contributed by atoms with Crippen LogP contribution in [0.2, 0.25) is 0 Å². The van der Waals surface area contributed by atoms with Gasteiger partial charge in [-0.15, -0.1) is 0 Å². The topological polar surface area (TPSA) is 138 Å². The predicted octanol–water partition coefficient (Wildman–Crippen LogP) is 4.48. The Morgan fingerprint density at radius 2 is 1.60 bits per heavy atom. The van der Waals surface area contributed by atoms with Crippen molar-refractivity contribution in [2.45, 2.75) is 88.9 Å². The van der Waals surface area contributed by atoms with Crippen LogP contribution in [0.3, 0.4) is 0 Å². The fourth-order valence-electron chi connectivity index (χ4n) is 5.53. The van der Waals surface area contributed by atoms with Gasteiger partial charge in [-0.05, 0) is 106 Å². The van der Waals surface area contributed by atoms with E-state index in [4.69, 9.17) is 24.1 Å². The minimum absolute atomic E-state index is 0.0488. The molecular weight excluding hydrogens is 516 g/mol. The first-order valence-corrected chi connectivity index (χ1v) is 14.3. The molecule has 0 unspecified atom stereocenters. The highest BCUT2D eigenvalue weighted by Crippen LogP contribution is 2.38. The second-order valence-corrected chi connectivity index (χ2v) is 10.7. The van der Waals surface area contributed by atoms with Crippen LogP contribution in [0.25, 0.3) is 0 Å². The minimum atomic E-state index is -0.661. The summed E-state index contributed by atoms with van der Waals surface area (Å²) in [5, 5.41) is 49.8. The number of phenols is 2. The third-order valence-corrected chi connectivity index (χ3v) is 7.73. The Balaban J connectivity index is 1.53. The second kappa shape index (κ2) is 16.5. The molecule has 0 aliphatic heterocycles. The number of ether oxygens (including phenoxy) is 4. The summed E-state index contributed by atoms with van der Waals surface area (Å²) >= 11 is 0. The molecule has 1 saturated carbocycles. The number of phenolic OH excluding ortho intramolecular Hbond substituents is 2. The van der Waals surface area contributed by atoms with Gasteiger partial charge in [0, 0.05) is 6.61 Å². The Morgan fingerprint density at radius 3 is 2.27 bits per heavy atom. The number of benzene rings is 2. The van der Waals surface area contributed by atoms with Crippen molar-refractivity contribution >= 4 is 0 Å². The van der Waals surface area contributed by atoms with Gasteiger partial charge in [-0.2, -0.15) is 0 Å². The van der Waals surface area contributed by atoms with Gasteiger partial charge in [-0.25, -0.2) is 0 Å². The molecule has 0 saturated heterocycles. The van der Waals surface area contributed by atoms with Crippen molar-refractivity contribution in [3.63, 3.8) is 0 Å². The molecule has 40 heavy (non-hydrogen) atoms. The van der Waals surface area contributed by atoms with Crippen LogP contribution in [-0.2, 0) is 17.6 Å². The summed E-state index contributed by atoms with van der Waals surface area (Å²) in [7, 11) is 2.94. The van der Waals surface area contributed by atoms with Crippen molar-refractivity contribution in [1.29, 1.82) is 0 Å². The van der Waals surface area contributed by atoms with E-state index in [1.54, 1.807) is 18.2 Å². The number of rotatable bonds is 17. The fourth-order valence-corrected chi connectivity index (χ4v) is 5.53. The molecule has 0 bridgehead atoms. The third kappa shape index (κ3) is 9.73. The Hall–Kier alpha value is -2.72. The molecule has 224 valence electrons. The summed E-state index contributed by atoms with van der Waals surface area (Å²) in [5.74, 6) is 1.69. The van der Waals surface area contributed by atoms with Gasteiger partial charge in [0.2, 0.25) is 5.75 Å². The molecule has 0 amide bonds. The quantitative estimate of drug-likeness (QED) is 0.177. The van der Waals surface area contributed by atoms with E-state index in [0.29, 0.717) is 55.3 Å². The summed E-state index contributed by atoms with van der Waals surface area (Å²) in [6, 6.07) is 8.81. The van der Waals surface area contributed by atoms with Gasteiger partial charge in [-0.1, -0.05) is 12.5 Å². The first-order valence-electron chi connectivity index (χ1n) is 14.3. The fraction of sp³-hybridized carbons (Fsp3) is 0.613. The van der Waals surface area contributed by atoms with Crippen LogP contribution < -0.4 is 14.2 Å². The highest BCUT2D eigenvalue weighted by molar-refractivity contribution is 5.52. The highest BCUT2D eigenvalue weighted by atomic mass is 16.6. The van der Waals surface area contributed by atoms with E-state index in [9.17, 15) is 20.4 Å². The number of hydrogen-bond donors (Lipinski definition) is 5. The van der Waals surface area contributed by atoms with Crippen LogP contribution in [0, 0.1) is 5.92 Å². The van der Waals surface area contributed by atoms with Gasteiger partial charge in [0.25, 0.3) is 0 Å². The zero-order valence-corrected chi connectivity index (χ0v) is 23.8. The standard InChI is InChI=1S/C31H46O9/c1-37-29-17-23(18-30(38-2)31(29)36)8-11-24(34)19-25(39-20-33)12-9-22-10-13-27(35)28(16-22)40-26-7-3-5-21(15-26)6-4-14-32/h10,13,16-18,21,24-26,32-36H,3-9,11-12,14-15,19-20H2,1-2H3/t21-,24+,25+,26+/m1/s1. The first kappa shape index (κ1) is 31.8. The molecule has 4 atom stereocenters. The number of aryl methyl sites for hydroxylation is 2. The molecule has 9 heteroatoms. The van der Waals surface area contributed by atoms with Crippen LogP contribution in [0.1, 0.15) is 68.9 Å². The average molecular weight is 563 g/mol. The van der Waals surface area contributed by atoms with Crippen molar-refractivity contribution < 1.29 is 44.5 Å². The average Bonchev–Trinajstić information content (AvgIpc) is 2.96. The molecule has 0 radical (unpaired) electrons. The smallest absolute Gasteiger partial charge is 0.200 e. The Bertz CT molecular complexity index is 1000. The van der Waals surface area contributed by atoms with E-state index in [-0.39, 0.29) is 30.3 Å². The van der Waals surface area contributed by atoms with Crippen LogP contribution in [0.5, 0.6) is 28.7 Å². The second-order valence-electron chi connectivity index (χ2n) is 10.7. The molecule has 9 nitrogen and oxygen atoms in total. The molecule has 0 heterocycles. The van der Waals surface area contributed by atoms with Gasteiger partial charge >= 0.3 is 0 Å². The normalized spacial score (nSPS) is 18.7. The highest BCUT2D eigenvalue weighted by Gasteiger charge is 2.24. The lowest BCUT2D eigenvalue weighted by molar-refractivity contribution is -0.0690. The van der Waals surface area contributed by atoms with Gasteiger partial charge in [0.05, 0.1) is 32.5 Å². The zero-order chi connectivity index (χ0) is 28.9. The van der Waals surface area contributed by atoms with E-state index in [2.05, 4.69) is 0 Å². The van der Waals surface area contributed by atoms with Gasteiger partial charge in [0.1, 0.15) is 6.79 Å². The monoisotopic (exact) mass is 562 g/mol. The maximum Gasteiger partial charge on any atom is 0.200 e. The molecular formula is C31H46O9. The van der Waals surface area contributed by atoms with Crippen molar-refractivity contribution in [3.05, 3.63) is 41.5 Å². The molecule has 3 rings (SSSR count). The number of hydrogen-bond acceptors (Lipinski definition) is 9. The van der Waals surface area contributed by atoms with Crippen molar-refractivity contribution in [1.82, 2.24) is 0 Å². The SMILES string of the molecule is COc1cc(CC[C@H](O)C[C@H](CCc2ccc(O)c(O[C@H]3CCC[C@H](CCCO)C3)c2)OCO)cc(OC)c1O. The molecule has 1 aliphatic carbocycles. The molecule has 2 aromatic rings. The Morgan fingerprint density at radius 1 is 0.900 bits per heavy atom. The Labute approximate surface area is 237 Å². The summed E-state index contributed by atoms with van der Waals surface area (Å²) in [4.78, 5) is 0. The maximum absolute atomic E-state index is 10.7. The minimum Gasteiger partial charge on any atom is -0.504 e. The van der Waals surface area contributed by atoms with Crippen LogP contribution in [0.15, 0.2) is 30.3 Å². The van der Waals surface area contributed by atoms with Crippen molar-refractivity contribution in [3.8, 4) is 28.7 Å². The largest absolute Gasteiger partial charge is 0.504 e. The molecule has 0 aromatic heterocycles.